The van der Waals surface area contributed by atoms with Gasteiger partial charge in [-0.15, -0.1) is 0 Å². The second-order valence-electron chi connectivity index (χ2n) is 11.3. The molecule has 2 aromatic heterocycles. The number of rotatable bonds is 6. The smallest absolute Gasteiger partial charge is 0.121 e. The van der Waals surface area contributed by atoms with E-state index in [4.69, 9.17) is 4.98 Å². The largest absolute Gasteiger partial charge is 0.393 e. The van der Waals surface area contributed by atoms with E-state index >= 15 is 0 Å². The van der Waals surface area contributed by atoms with Crippen LogP contribution in [0, 0.1) is 0 Å². The summed E-state index contributed by atoms with van der Waals surface area (Å²) in [4.78, 5) is 11.8. The third-order valence-corrected chi connectivity index (χ3v) is 8.48. The monoisotopic (exact) mass is 570 g/mol. The summed E-state index contributed by atoms with van der Waals surface area (Å²) in [6.45, 7) is 0. The number of aromatic amines is 1. The van der Waals surface area contributed by atoms with Crippen LogP contribution in [0.1, 0.15) is 66.6 Å². The summed E-state index contributed by atoms with van der Waals surface area (Å²) in [6, 6.07) is 31.9. The van der Waals surface area contributed by atoms with E-state index in [1.807, 2.05) is 12.5 Å². The molecule has 2 atom stereocenters. The molecule has 0 saturated heterocycles. The van der Waals surface area contributed by atoms with E-state index in [0.29, 0.717) is 6.42 Å². The van der Waals surface area contributed by atoms with Gasteiger partial charge in [-0.2, -0.15) is 0 Å². The Morgan fingerprint density at radius 1 is 0.698 bits per heavy atom. The number of aliphatic hydroxyl groups excluding tert-OH is 2. The molecule has 218 valence electrons. The third kappa shape index (κ3) is 6.17. The van der Waals surface area contributed by atoms with Gasteiger partial charge >= 0.3 is 0 Å². The van der Waals surface area contributed by atoms with Gasteiger partial charge in [0.15, 0.2) is 0 Å². The maximum atomic E-state index is 9.88. The van der Waals surface area contributed by atoms with Crippen LogP contribution in [0.5, 0.6) is 0 Å². The van der Waals surface area contributed by atoms with Gasteiger partial charge < -0.3 is 19.8 Å². The van der Waals surface area contributed by atoms with Crippen LogP contribution in [0.15, 0.2) is 128 Å². The molecule has 0 saturated carbocycles. The van der Waals surface area contributed by atoms with Crippen molar-refractivity contribution in [3.63, 3.8) is 0 Å². The molecule has 0 radical (unpaired) electrons. The van der Waals surface area contributed by atoms with Gasteiger partial charge in [0.05, 0.1) is 42.4 Å². The first-order valence-corrected chi connectivity index (χ1v) is 15.1. The summed E-state index contributed by atoms with van der Waals surface area (Å²) < 4.78 is 2.24. The van der Waals surface area contributed by atoms with E-state index in [2.05, 4.69) is 124 Å². The van der Waals surface area contributed by atoms with Crippen LogP contribution in [-0.4, -0.2) is 41.9 Å². The van der Waals surface area contributed by atoms with Crippen LogP contribution >= 0.6 is 0 Å². The van der Waals surface area contributed by atoms with Crippen molar-refractivity contribution < 1.29 is 10.2 Å². The van der Waals surface area contributed by atoms with Gasteiger partial charge in [0.25, 0.3) is 0 Å². The average Bonchev–Trinajstić information content (AvgIpc) is 3.78. The predicted octanol–water partition coefficient (Wildman–Crippen LogP) is 6.99. The number of imidazole rings is 2. The average molecular weight is 571 g/mol. The van der Waals surface area contributed by atoms with Crippen LogP contribution in [0.2, 0.25) is 0 Å². The molecular weight excluding hydrogens is 532 g/mol. The summed E-state index contributed by atoms with van der Waals surface area (Å²) in [5.74, 6) is 0. The quantitative estimate of drug-likeness (QED) is 0.192. The lowest BCUT2D eigenvalue weighted by molar-refractivity contribution is 0.165. The van der Waals surface area contributed by atoms with Crippen molar-refractivity contribution in [3.8, 4) is 0 Å². The minimum atomic E-state index is -0.538. The summed E-state index contributed by atoms with van der Waals surface area (Å²) in [6.07, 6.45) is 16.4. The Morgan fingerprint density at radius 3 is 1.65 bits per heavy atom. The van der Waals surface area contributed by atoms with Gasteiger partial charge in [0, 0.05) is 6.20 Å². The van der Waals surface area contributed by atoms with E-state index < -0.39 is 5.54 Å². The molecule has 7 rings (SSSR count). The molecule has 3 N–H and O–H groups in total. The van der Waals surface area contributed by atoms with Crippen molar-refractivity contribution in [2.24, 2.45) is 0 Å². The van der Waals surface area contributed by atoms with Crippen molar-refractivity contribution in [1.29, 1.82) is 0 Å². The van der Waals surface area contributed by atoms with Gasteiger partial charge in [-0.3, -0.25) is 0 Å². The first-order chi connectivity index (χ1) is 21.1. The fraction of sp³-hybridized carbons (Fsp3) is 0.243. The fourth-order valence-corrected chi connectivity index (χ4v) is 6.21. The SMILES string of the molecule is OC1CC=C(c2cn(C(c3ccccc3)(c3ccccc3)c3ccccc3)cn2)CC1.OC1CC=C(c2cnc[nH]2)CC1. The predicted molar refractivity (Wildman–Crippen MR) is 171 cm³/mol. The molecular formula is C37H38N4O2. The van der Waals surface area contributed by atoms with Gasteiger partial charge in [-0.1, -0.05) is 103 Å². The van der Waals surface area contributed by atoms with Crippen LogP contribution in [0.3, 0.4) is 0 Å². The topological polar surface area (TPSA) is 87.0 Å². The standard InChI is InChI=1S/C28H26N2O.C9H12N2O/c31-26-18-16-22(17-19-26)27-20-30(21-29-27)28(23-10-4-1-5-11-23,24-12-6-2-7-13-24)25-14-8-3-9-15-25;12-8-3-1-7(2-4-8)9-5-10-6-11-9/h1-16,20-21,26,31H,17-19H2;1,5-6,8,12H,2-4H2,(H,10,11). The molecule has 2 heterocycles. The zero-order valence-corrected chi connectivity index (χ0v) is 24.3. The molecule has 43 heavy (non-hydrogen) atoms. The normalized spacial score (nSPS) is 18.7. The Kier molecular flexibility index (Phi) is 8.77. The number of aromatic nitrogens is 4. The molecule has 2 aliphatic rings. The minimum absolute atomic E-state index is 0.142. The number of benzene rings is 3. The van der Waals surface area contributed by atoms with E-state index in [9.17, 15) is 10.2 Å². The molecule has 5 aromatic rings. The lowest BCUT2D eigenvalue weighted by Gasteiger charge is -2.37. The highest BCUT2D eigenvalue weighted by molar-refractivity contribution is 5.64. The molecule has 0 spiro atoms. The number of allylic oxidation sites excluding steroid dienone is 2. The van der Waals surface area contributed by atoms with Crippen molar-refractivity contribution in [1.82, 2.24) is 19.5 Å². The molecule has 6 heteroatoms. The minimum Gasteiger partial charge on any atom is -0.393 e. The lowest BCUT2D eigenvalue weighted by atomic mass is 9.76. The van der Waals surface area contributed by atoms with Crippen molar-refractivity contribution >= 4 is 11.1 Å². The first kappa shape index (κ1) is 28.6. The highest BCUT2D eigenvalue weighted by Gasteiger charge is 2.38. The molecule has 6 nitrogen and oxygen atoms in total. The van der Waals surface area contributed by atoms with E-state index in [-0.39, 0.29) is 12.2 Å². The summed E-state index contributed by atoms with van der Waals surface area (Å²) >= 11 is 0. The number of nitrogens with zero attached hydrogens (tertiary/aromatic N) is 3. The Morgan fingerprint density at radius 2 is 1.21 bits per heavy atom. The van der Waals surface area contributed by atoms with E-state index in [1.165, 1.54) is 27.8 Å². The Balaban J connectivity index is 0.000000229. The van der Waals surface area contributed by atoms with Gasteiger partial charge in [-0.25, -0.2) is 9.97 Å². The van der Waals surface area contributed by atoms with Crippen LogP contribution in [-0.2, 0) is 5.54 Å². The Labute approximate surface area is 253 Å². The second-order valence-corrected chi connectivity index (χ2v) is 11.3. The Hall–Kier alpha value is -4.52. The van der Waals surface area contributed by atoms with E-state index in [1.54, 1.807) is 6.33 Å². The maximum Gasteiger partial charge on any atom is 0.121 e. The van der Waals surface area contributed by atoms with Crippen LogP contribution < -0.4 is 0 Å². The fourth-order valence-electron chi connectivity index (χ4n) is 6.21. The second kappa shape index (κ2) is 13.2. The maximum absolute atomic E-state index is 9.88. The van der Waals surface area contributed by atoms with Crippen LogP contribution in [0.4, 0.5) is 0 Å². The molecule has 0 aliphatic heterocycles. The first-order valence-electron chi connectivity index (χ1n) is 15.1. The van der Waals surface area contributed by atoms with Crippen molar-refractivity contribution in [3.05, 3.63) is 156 Å². The van der Waals surface area contributed by atoms with Gasteiger partial charge in [0.1, 0.15) is 5.54 Å². The van der Waals surface area contributed by atoms with Crippen molar-refractivity contribution in [2.45, 2.75) is 56.3 Å². The molecule has 0 amide bonds. The lowest BCUT2D eigenvalue weighted by Crippen LogP contribution is -2.36. The Bertz CT molecular complexity index is 1540. The molecule has 0 bridgehead atoms. The summed E-state index contributed by atoms with van der Waals surface area (Å²) in [5, 5.41) is 19.1. The van der Waals surface area contributed by atoms with Gasteiger partial charge in [-0.05, 0) is 66.4 Å². The number of nitrogens with one attached hydrogen (secondary N) is 1. The molecule has 0 fully saturated rings. The zero-order chi connectivity index (χ0) is 29.5. The van der Waals surface area contributed by atoms with Crippen molar-refractivity contribution in [2.75, 3.05) is 0 Å². The highest BCUT2D eigenvalue weighted by Crippen LogP contribution is 2.41. The zero-order valence-electron chi connectivity index (χ0n) is 24.3. The van der Waals surface area contributed by atoms with Crippen LogP contribution in [0.25, 0.3) is 11.1 Å². The summed E-state index contributed by atoms with van der Waals surface area (Å²) in [5.41, 5.74) is 7.58. The number of hydrogen-bond donors (Lipinski definition) is 3. The highest BCUT2D eigenvalue weighted by atomic mass is 16.3. The number of H-pyrrole nitrogens is 1. The third-order valence-electron chi connectivity index (χ3n) is 8.48. The molecule has 2 aliphatic carbocycles. The molecule has 3 aromatic carbocycles. The van der Waals surface area contributed by atoms with E-state index in [0.717, 1.165) is 43.5 Å². The number of hydrogen-bond acceptors (Lipinski definition) is 4. The van der Waals surface area contributed by atoms with Gasteiger partial charge in [0.2, 0.25) is 0 Å². The molecule has 2 unspecified atom stereocenters. The summed E-state index contributed by atoms with van der Waals surface area (Å²) in [7, 11) is 0. The number of aliphatic hydroxyl groups is 2.